The zero-order chi connectivity index (χ0) is 17.2. The van der Waals surface area contributed by atoms with E-state index in [1.165, 1.54) is 0 Å². The Kier molecular flexibility index (Phi) is 4.46. The number of ether oxygens (including phenoxy) is 1. The lowest BCUT2D eigenvalue weighted by atomic mass is 10.1. The molecule has 3 rings (SSSR count). The third kappa shape index (κ3) is 3.88. The molecule has 1 aliphatic heterocycles. The number of nitrogens with one attached hydrogen (secondary N) is 1. The Balaban J connectivity index is 1.81. The van der Waals surface area contributed by atoms with E-state index >= 15 is 0 Å². The summed E-state index contributed by atoms with van der Waals surface area (Å²) in [5.74, 6) is 0. The van der Waals surface area contributed by atoms with E-state index in [1.807, 2.05) is 39.1 Å². The SMILES string of the molecule is CC(C)(C)OC(=O)N1CCN(Cc2cnc[nH]2)c2ccccc2C1. The van der Waals surface area contributed by atoms with Gasteiger partial charge in [-0.1, -0.05) is 18.2 Å². The van der Waals surface area contributed by atoms with Gasteiger partial charge in [0.15, 0.2) is 0 Å². The molecule has 0 unspecified atom stereocenters. The Morgan fingerprint density at radius 3 is 2.79 bits per heavy atom. The molecule has 0 saturated heterocycles. The van der Waals surface area contributed by atoms with Crippen molar-refractivity contribution in [1.29, 1.82) is 0 Å². The smallest absolute Gasteiger partial charge is 0.410 e. The lowest BCUT2D eigenvalue weighted by Gasteiger charge is -2.27. The molecular weight excluding hydrogens is 304 g/mol. The van der Waals surface area contributed by atoms with E-state index in [4.69, 9.17) is 4.74 Å². The van der Waals surface area contributed by atoms with Gasteiger partial charge in [0, 0.05) is 25.0 Å². The van der Waals surface area contributed by atoms with Crippen LogP contribution in [0.25, 0.3) is 0 Å². The molecule has 6 heteroatoms. The maximum Gasteiger partial charge on any atom is 0.410 e. The lowest BCUT2D eigenvalue weighted by molar-refractivity contribution is 0.0243. The fourth-order valence-electron chi connectivity index (χ4n) is 2.82. The number of para-hydroxylation sites is 1. The molecule has 2 aromatic rings. The standard InChI is InChI=1S/C18H24N4O2/c1-18(2,3)24-17(23)22-9-8-21(12-15-10-19-13-20-15)16-7-5-4-6-14(16)11-22/h4-7,10,13H,8-9,11-12H2,1-3H3,(H,19,20). The third-order valence-corrected chi connectivity index (χ3v) is 3.90. The molecule has 1 amide bonds. The third-order valence-electron chi connectivity index (χ3n) is 3.90. The van der Waals surface area contributed by atoms with Crippen molar-refractivity contribution < 1.29 is 9.53 Å². The zero-order valence-electron chi connectivity index (χ0n) is 14.5. The zero-order valence-corrected chi connectivity index (χ0v) is 14.5. The second-order valence-electron chi connectivity index (χ2n) is 7.03. The Bertz CT molecular complexity index is 691. The molecule has 1 N–H and O–H groups in total. The van der Waals surface area contributed by atoms with Gasteiger partial charge in [0.1, 0.15) is 5.60 Å². The molecule has 0 atom stereocenters. The van der Waals surface area contributed by atoms with Crippen LogP contribution in [0.3, 0.4) is 0 Å². The average Bonchev–Trinajstić information content (AvgIpc) is 2.94. The van der Waals surface area contributed by atoms with Crippen LogP contribution < -0.4 is 4.90 Å². The highest BCUT2D eigenvalue weighted by molar-refractivity contribution is 5.69. The topological polar surface area (TPSA) is 61.5 Å². The maximum atomic E-state index is 12.5. The molecule has 0 radical (unpaired) electrons. The average molecular weight is 328 g/mol. The molecule has 1 aromatic heterocycles. The van der Waals surface area contributed by atoms with E-state index in [0.29, 0.717) is 13.1 Å². The Hall–Kier alpha value is -2.50. The van der Waals surface area contributed by atoms with Gasteiger partial charge in [-0.2, -0.15) is 0 Å². The fourth-order valence-corrected chi connectivity index (χ4v) is 2.82. The molecule has 128 valence electrons. The Labute approximate surface area is 142 Å². The minimum atomic E-state index is -0.488. The summed E-state index contributed by atoms with van der Waals surface area (Å²) < 4.78 is 5.54. The van der Waals surface area contributed by atoms with Crippen LogP contribution in [0.15, 0.2) is 36.8 Å². The minimum absolute atomic E-state index is 0.263. The maximum absolute atomic E-state index is 12.5. The Morgan fingerprint density at radius 1 is 1.29 bits per heavy atom. The highest BCUT2D eigenvalue weighted by atomic mass is 16.6. The van der Waals surface area contributed by atoms with E-state index in [-0.39, 0.29) is 6.09 Å². The Morgan fingerprint density at radius 2 is 2.08 bits per heavy atom. The summed E-state index contributed by atoms with van der Waals surface area (Å²) in [4.78, 5) is 23.7. The first-order valence-corrected chi connectivity index (χ1v) is 8.20. The molecule has 6 nitrogen and oxygen atoms in total. The molecule has 1 aromatic carbocycles. The highest BCUT2D eigenvalue weighted by Gasteiger charge is 2.26. The van der Waals surface area contributed by atoms with Gasteiger partial charge in [-0.3, -0.25) is 0 Å². The van der Waals surface area contributed by atoms with Crippen molar-refractivity contribution >= 4 is 11.8 Å². The van der Waals surface area contributed by atoms with Crippen molar-refractivity contribution in [3.05, 3.63) is 48.0 Å². The monoisotopic (exact) mass is 328 g/mol. The normalized spacial score (nSPS) is 15.0. The fraction of sp³-hybridized carbons (Fsp3) is 0.444. The summed E-state index contributed by atoms with van der Waals surface area (Å²) in [6.45, 7) is 8.33. The molecule has 0 spiro atoms. The van der Waals surface area contributed by atoms with Gasteiger partial charge < -0.3 is 19.5 Å². The van der Waals surface area contributed by atoms with Gasteiger partial charge in [0.2, 0.25) is 0 Å². The molecule has 0 fully saturated rings. The van der Waals surface area contributed by atoms with Crippen molar-refractivity contribution in [2.45, 2.75) is 39.5 Å². The summed E-state index contributed by atoms with van der Waals surface area (Å²) in [5.41, 5.74) is 2.84. The number of H-pyrrole nitrogens is 1. The van der Waals surface area contributed by atoms with Gasteiger partial charge >= 0.3 is 6.09 Å². The predicted octanol–water partition coefficient (Wildman–Crippen LogP) is 3.17. The van der Waals surface area contributed by atoms with Crippen molar-refractivity contribution in [3.8, 4) is 0 Å². The van der Waals surface area contributed by atoms with Gasteiger partial charge in [-0.15, -0.1) is 0 Å². The number of hydrogen-bond donors (Lipinski definition) is 1. The van der Waals surface area contributed by atoms with Crippen molar-refractivity contribution in [2.75, 3.05) is 18.0 Å². The number of carbonyl (C=O) groups is 1. The quantitative estimate of drug-likeness (QED) is 0.920. The number of fused-ring (bicyclic) bond motifs is 1. The number of amides is 1. The van der Waals surface area contributed by atoms with Crippen LogP contribution in [0.1, 0.15) is 32.0 Å². The first-order chi connectivity index (χ1) is 11.4. The lowest BCUT2D eigenvalue weighted by Crippen LogP contribution is -2.39. The van der Waals surface area contributed by atoms with Gasteiger partial charge in [0.05, 0.1) is 25.1 Å². The molecule has 0 aliphatic carbocycles. The van der Waals surface area contributed by atoms with Crippen LogP contribution in [0.2, 0.25) is 0 Å². The number of rotatable bonds is 2. The summed E-state index contributed by atoms with van der Waals surface area (Å²) in [5, 5.41) is 0. The molecule has 2 heterocycles. The van der Waals surface area contributed by atoms with Gasteiger partial charge in [-0.05, 0) is 32.4 Å². The second kappa shape index (κ2) is 6.55. The molecule has 24 heavy (non-hydrogen) atoms. The summed E-state index contributed by atoms with van der Waals surface area (Å²) in [6, 6.07) is 8.20. The number of anilines is 1. The van der Waals surface area contributed by atoms with E-state index in [0.717, 1.165) is 30.0 Å². The number of hydrogen-bond acceptors (Lipinski definition) is 4. The first-order valence-electron chi connectivity index (χ1n) is 8.20. The van der Waals surface area contributed by atoms with E-state index < -0.39 is 5.60 Å². The number of aromatic amines is 1. The van der Waals surface area contributed by atoms with Crippen molar-refractivity contribution in [3.63, 3.8) is 0 Å². The van der Waals surface area contributed by atoms with Crippen LogP contribution in [0.4, 0.5) is 10.5 Å². The molecule has 1 aliphatic rings. The van der Waals surface area contributed by atoms with E-state index in [2.05, 4.69) is 27.0 Å². The number of carbonyl (C=O) groups excluding carboxylic acids is 1. The number of aromatic nitrogens is 2. The highest BCUT2D eigenvalue weighted by Crippen LogP contribution is 2.27. The van der Waals surface area contributed by atoms with Crippen molar-refractivity contribution in [1.82, 2.24) is 14.9 Å². The van der Waals surface area contributed by atoms with Crippen LogP contribution in [0, 0.1) is 0 Å². The van der Waals surface area contributed by atoms with Crippen molar-refractivity contribution in [2.24, 2.45) is 0 Å². The molecular formula is C18H24N4O2. The minimum Gasteiger partial charge on any atom is -0.444 e. The van der Waals surface area contributed by atoms with Gasteiger partial charge in [0.25, 0.3) is 0 Å². The first kappa shape index (κ1) is 16.4. The number of benzene rings is 1. The molecule has 0 saturated carbocycles. The van der Waals surface area contributed by atoms with E-state index in [9.17, 15) is 4.79 Å². The van der Waals surface area contributed by atoms with Crippen LogP contribution in [0.5, 0.6) is 0 Å². The van der Waals surface area contributed by atoms with Gasteiger partial charge in [-0.25, -0.2) is 9.78 Å². The second-order valence-corrected chi connectivity index (χ2v) is 7.03. The predicted molar refractivity (Wildman–Crippen MR) is 92.7 cm³/mol. The largest absolute Gasteiger partial charge is 0.444 e. The van der Waals surface area contributed by atoms with Crippen LogP contribution in [-0.2, 0) is 17.8 Å². The summed E-state index contributed by atoms with van der Waals surface area (Å²) in [7, 11) is 0. The van der Waals surface area contributed by atoms with Crippen LogP contribution >= 0.6 is 0 Å². The summed E-state index contributed by atoms with van der Waals surface area (Å²) in [6.07, 6.45) is 3.26. The summed E-state index contributed by atoms with van der Waals surface area (Å²) >= 11 is 0. The van der Waals surface area contributed by atoms with Crippen LogP contribution in [-0.4, -0.2) is 39.7 Å². The number of nitrogens with zero attached hydrogens (tertiary/aromatic N) is 3. The molecule has 0 bridgehead atoms. The van der Waals surface area contributed by atoms with E-state index in [1.54, 1.807) is 11.2 Å². The number of imidazole rings is 1.